The quantitative estimate of drug-likeness (QED) is 0.569. The molecule has 1 saturated carbocycles. The molecule has 2 aromatic rings. The topological polar surface area (TPSA) is 95.6 Å². The summed E-state index contributed by atoms with van der Waals surface area (Å²) >= 11 is 6.74. The Balaban J connectivity index is 1.31. The number of thioether (sulfide) groups is 1. The zero-order chi connectivity index (χ0) is 23.5. The number of imide groups is 1. The van der Waals surface area contributed by atoms with Gasteiger partial charge in [0.2, 0.25) is 5.91 Å². The molecule has 0 spiro atoms. The summed E-state index contributed by atoms with van der Waals surface area (Å²) in [4.78, 5) is 50.9. The molecule has 1 heterocycles. The summed E-state index contributed by atoms with van der Waals surface area (Å²) < 4.78 is 0. The molecular weight excluding hydrogens is 462 g/mol. The Kier molecular flexibility index (Phi) is 6.85. The highest BCUT2D eigenvalue weighted by atomic mass is 35.5. The van der Waals surface area contributed by atoms with Crippen LogP contribution < -0.4 is 10.6 Å². The van der Waals surface area contributed by atoms with Crippen LogP contribution in [-0.4, -0.2) is 41.0 Å². The molecule has 9 heteroatoms. The predicted molar refractivity (Wildman–Crippen MR) is 129 cm³/mol. The molecule has 2 unspecified atom stereocenters. The number of rotatable bonds is 7. The maximum absolute atomic E-state index is 12.6. The fraction of sp³-hybridized carbons (Fsp3) is 0.250. The fourth-order valence-electron chi connectivity index (χ4n) is 3.45. The van der Waals surface area contributed by atoms with Gasteiger partial charge in [0.15, 0.2) is 0 Å². The molecule has 1 aliphatic heterocycles. The van der Waals surface area contributed by atoms with Crippen LogP contribution in [0.5, 0.6) is 0 Å². The summed E-state index contributed by atoms with van der Waals surface area (Å²) in [5.74, 6) is -0.351. The van der Waals surface area contributed by atoms with E-state index in [4.69, 9.17) is 11.6 Å². The first kappa shape index (κ1) is 23.1. The standard InChI is InChI=1S/C24H22ClN3O4S/c1-14-11-19(14)22(30)27-18-4-2-3-16(13-18)21(29)26-9-10-28-23(31)20(33-24(28)32)12-15-5-7-17(25)8-6-15/h2-8,12-14,19H,9-11H2,1H3,(H,26,29)(H,27,30)/b20-12-. The van der Waals surface area contributed by atoms with Gasteiger partial charge in [0.1, 0.15) is 0 Å². The molecular formula is C24H22ClN3O4S. The largest absolute Gasteiger partial charge is 0.350 e. The second-order valence-corrected chi connectivity index (χ2v) is 9.46. The van der Waals surface area contributed by atoms with E-state index in [9.17, 15) is 19.2 Å². The Hall–Kier alpha value is -3.10. The Labute approximate surface area is 200 Å². The minimum Gasteiger partial charge on any atom is -0.350 e. The molecule has 2 fully saturated rings. The Morgan fingerprint density at radius 2 is 1.91 bits per heavy atom. The van der Waals surface area contributed by atoms with Crippen LogP contribution in [0.2, 0.25) is 5.02 Å². The van der Waals surface area contributed by atoms with E-state index in [1.165, 1.54) is 0 Å². The van der Waals surface area contributed by atoms with E-state index in [2.05, 4.69) is 10.6 Å². The van der Waals surface area contributed by atoms with Crippen molar-refractivity contribution in [3.8, 4) is 0 Å². The molecule has 4 rings (SSSR count). The van der Waals surface area contributed by atoms with Gasteiger partial charge in [-0.25, -0.2) is 0 Å². The lowest BCUT2D eigenvalue weighted by atomic mass is 10.2. The van der Waals surface area contributed by atoms with Crippen molar-refractivity contribution in [2.75, 3.05) is 18.4 Å². The van der Waals surface area contributed by atoms with E-state index < -0.39 is 5.91 Å². The smallest absolute Gasteiger partial charge is 0.293 e. The third kappa shape index (κ3) is 5.64. The first-order valence-corrected chi connectivity index (χ1v) is 11.7. The Morgan fingerprint density at radius 1 is 1.18 bits per heavy atom. The van der Waals surface area contributed by atoms with Gasteiger partial charge < -0.3 is 10.6 Å². The number of anilines is 1. The van der Waals surface area contributed by atoms with Crippen molar-refractivity contribution < 1.29 is 19.2 Å². The molecule has 1 saturated heterocycles. The van der Waals surface area contributed by atoms with Crippen molar-refractivity contribution in [1.82, 2.24) is 10.2 Å². The first-order valence-electron chi connectivity index (χ1n) is 10.5. The van der Waals surface area contributed by atoms with Crippen LogP contribution >= 0.6 is 23.4 Å². The molecule has 1 aliphatic carbocycles. The number of benzene rings is 2. The van der Waals surface area contributed by atoms with Crippen LogP contribution in [0.25, 0.3) is 6.08 Å². The third-order valence-corrected chi connectivity index (χ3v) is 6.66. The molecule has 0 radical (unpaired) electrons. The van der Waals surface area contributed by atoms with Gasteiger partial charge >= 0.3 is 0 Å². The number of carbonyl (C=O) groups excluding carboxylic acids is 4. The summed E-state index contributed by atoms with van der Waals surface area (Å²) in [5, 5.41) is 5.76. The SMILES string of the molecule is CC1CC1C(=O)Nc1cccc(C(=O)NCCN2C(=O)S/C(=C\c3ccc(Cl)cc3)C2=O)c1. The lowest BCUT2D eigenvalue weighted by Crippen LogP contribution is -2.37. The van der Waals surface area contributed by atoms with Crippen molar-refractivity contribution in [2.45, 2.75) is 13.3 Å². The highest BCUT2D eigenvalue weighted by Gasteiger charge is 2.39. The van der Waals surface area contributed by atoms with Crippen LogP contribution in [0, 0.1) is 11.8 Å². The number of amides is 4. The normalized spacial score (nSPS) is 20.8. The highest BCUT2D eigenvalue weighted by molar-refractivity contribution is 8.18. The van der Waals surface area contributed by atoms with E-state index in [1.807, 2.05) is 6.92 Å². The average Bonchev–Trinajstić information content (AvgIpc) is 3.47. The molecule has 7 nitrogen and oxygen atoms in total. The molecule has 2 aromatic carbocycles. The molecule has 2 N–H and O–H groups in total. The highest BCUT2D eigenvalue weighted by Crippen LogP contribution is 2.38. The number of hydrogen-bond acceptors (Lipinski definition) is 5. The predicted octanol–water partition coefficient (Wildman–Crippen LogP) is 4.40. The van der Waals surface area contributed by atoms with Gasteiger partial charge in [-0.15, -0.1) is 0 Å². The van der Waals surface area contributed by atoms with Crippen LogP contribution in [0.1, 0.15) is 29.3 Å². The Bertz CT molecular complexity index is 1150. The van der Waals surface area contributed by atoms with E-state index in [0.717, 1.165) is 28.6 Å². The maximum Gasteiger partial charge on any atom is 0.293 e. The molecule has 0 bridgehead atoms. The van der Waals surface area contributed by atoms with Crippen molar-refractivity contribution in [2.24, 2.45) is 11.8 Å². The van der Waals surface area contributed by atoms with E-state index in [-0.39, 0.29) is 36.1 Å². The van der Waals surface area contributed by atoms with Gasteiger partial charge in [-0.05, 0) is 66.1 Å². The lowest BCUT2D eigenvalue weighted by molar-refractivity contribution is -0.122. The summed E-state index contributed by atoms with van der Waals surface area (Å²) in [5.41, 5.74) is 1.71. The van der Waals surface area contributed by atoms with Gasteiger partial charge in [0.25, 0.3) is 17.1 Å². The van der Waals surface area contributed by atoms with Gasteiger partial charge in [-0.2, -0.15) is 0 Å². The average molecular weight is 484 g/mol. The van der Waals surface area contributed by atoms with Crippen molar-refractivity contribution >= 4 is 58.1 Å². The molecule has 33 heavy (non-hydrogen) atoms. The zero-order valence-corrected chi connectivity index (χ0v) is 19.4. The van der Waals surface area contributed by atoms with Gasteiger partial charge in [-0.3, -0.25) is 24.1 Å². The van der Waals surface area contributed by atoms with Gasteiger partial charge in [0, 0.05) is 35.3 Å². The number of halogens is 1. The van der Waals surface area contributed by atoms with Crippen molar-refractivity contribution in [3.63, 3.8) is 0 Å². The van der Waals surface area contributed by atoms with Crippen LogP contribution in [0.3, 0.4) is 0 Å². The number of nitrogens with one attached hydrogen (secondary N) is 2. The van der Waals surface area contributed by atoms with Crippen LogP contribution in [0.15, 0.2) is 53.4 Å². The Morgan fingerprint density at radius 3 is 2.61 bits per heavy atom. The molecule has 0 aromatic heterocycles. The zero-order valence-electron chi connectivity index (χ0n) is 17.8. The van der Waals surface area contributed by atoms with E-state index in [1.54, 1.807) is 54.6 Å². The lowest BCUT2D eigenvalue weighted by Gasteiger charge is -2.13. The fourth-order valence-corrected chi connectivity index (χ4v) is 4.44. The molecule has 4 amide bonds. The second-order valence-electron chi connectivity index (χ2n) is 8.03. The minimum atomic E-state index is -0.395. The number of carbonyl (C=O) groups is 4. The number of hydrogen-bond donors (Lipinski definition) is 2. The summed E-state index contributed by atoms with van der Waals surface area (Å²) in [7, 11) is 0. The molecule has 170 valence electrons. The van der Waals surface area contributed by atoms with Gasteiger partial charge in [-0.1, -0.05) is 36.7 Å². The van der Waals surface area contributed by atoms with E-state index >= 15 is 0 Å². The number of nitrogens with zero attached hydrogens (tertiary/aromatic N) is 1. The van der Waals surface area contributed by atoms with Crippen molar-refractivity contribution in [1.29, 1.82) is 0 Å². The third-order valence-electron chi connectivity index (χ3n) is 5.50. The molecule has 2 atom stereocenters. The summed E-state index contributed by atoms with van der Waals surface area (Å²) in [6.07, 6.45) is 2.52. The van der Waals surface area contributed by atoms with Crippen LogP contribution in [-0.2, 0) is 9.59 Å². The minimum absolute atomic E-state index is 0.0360. The summed E-state index contributed by atoms with van der Waals surface area (Å²) in [6, 6.07) is 13.6. The van der Waals surface area contributed by atoms with Crippen LogP contribution in [0.4, 0.5) is 10.5 Å². The van der Waals surface area contributed by atoms with Crippen molar-refractivity contribution in [3.05, 3.63) is 69.6 Å². The summed E-state index contributed by atoms with van der Waals surface area (Å²) in [6.45, 7) is 2.20. The van der Waals surface area contributed by atoms with E-state index in [0.29, 0.717) is 27.1 Å². The monoisotopic (exact) mass is 483 g/mol. The van der Waals surface area contributed by atoms with Gasteiger partial charge in [0.05, 0.1) is 4.91 Å². The second kappa shape index (κ2) is 9.80. The maximum atomic E-state index is 12.6. The molecule has 2 aliphatic rings. The first-order chi connectivity index (χ1) is 15.8.